The Bertz CT molecular complexity index is 1120. The maximum Gasteiger partial charge on any atom is 0.196 e. The molecule has 24 heavy (non-hydrogen) atoms. The molecule has 0 fully saturated rings. The number of ketones is 1. The summed E-state index contributed by atoms with van der Waals surface area (Å²) in [7, 11) is 0. The van der Waals surface area contributed by atoms with Crippen molar-refractivity contribution in [3.63, 3.8) is 0 Å². The molecule has 0 saturated carbocycles. The van der Waals surface area contributed by atoms with Crippen molar-refractivity contribution in [1.82, 2.24) is 9.97 Å². The predicted molar refractivity (Wildman–Crippen MR) is 93.8 cm³/mol. The van der Waals surface area contributed by atoms with Crippen LogP contribution < -0.4 is 0 Å². The van der Waals surface area contributed by atoms with Crippen LogP contribution in [0.4, 0.5) is 0 Å². The second-order valence-electron chi connectivity index (χ2n) is 5.82. The maximum atomic E-state index is 13.1. The van der Waals surface area contributed by atoms with Gasteiger partial charge in [0.15, 0.2) is 5.78 Å². The van der Waals surface area contributed by atoms with E-state index >= 15 is 0 Å². The second-order valence-corrected chi connectivity index (χ2v) is 5.82. The Hall–Kier alpha value is -3.33. The van der Waals surface area contributed by atoms with Crippen molar-refractivity contribution >= 4 is 16.8 Å². The number of carbonyl (C=O) groups is 1. The summed E-state index contributed by atoms with van der Waals surface area (Å²) in [5.41, 5.74) is 6.50. The van der Waals surface area contributed by atoms with Crippen LogP contribution in [-0.2, 0) is 0 Å². The van der Waals surface area contributed by atoms with E-state index in [-0.39, 0.29) is 5.78 Å². The molecule has 112 valence electrons. The van der Waals surface area contributed by atoms with Gasteiger partial charge in [-0.25, -0.2) is 4.98 Å². The quantitative estimate of drug-likeness (QED) is 0.457. The molecule has 0 N–H and O–H groups in total. The fourth-order valence-electron chi connectivity index (χ4n) is 3.41. The number of rotatable bonds is 1. The van der Waals surface area contributed by atoms with Crippen LogP contribution in [0, 0.1) is 0 Å². The lowest BCUT2D eigenvalue weighted by atomic mass is 9.99. The zero-order chi connectivity index (χ0) is 16.1. The van der Waals surface area contributed by atoms with Crippen LogP contribution in [0.15, 0.2) is 72.9 Å². The molecule has 2 aromatic heterocycles. The molecule has 3 nitrogen and oxygen atoms in total. The first-order valence-electron chi connectivity index (χ1n) is 7.83. The van der Waals surface area contributed by atoms with E-state index in [0.29, 0.717) is 5.56 Å². The van der Waals surface area contributed by atoms with Gasteiger partial charge >= 0.3 is 0 Å². The predicted octanol–water partition coefficient (Wildman–Crippen LogP) is 4.51. The number of hydrogen-bond donors (Lipinski definition) is 0. The highest BCUT2D eigenvalue weighted by molar-refractivity contribution is 6.27. The van der Waals surface area contributed by atoms with E-state index < -0.39 is 0 Å². The van der Waals surface area contributed by atoms with Crippen molar-refractivity contribution in [1.29, 1.82) is 0 Å². The van der Waals surface area contributed by atoms with Gasteiger partial charge in [0.25, 0.3) is 0 Å². The van der Waals surface area contributed by atoms with Gasteiger partial charge in [-0.2, -0.15) is 0 Å². The molecule has 1 aliphatic rings. The molecule has 2 aromatic carbocycles. The Kier molecular flexibility index (Phi) is 2.65. The van der Waals surface area contributed by atoms with E-state index in [9.17, 15) is 4.79 Å². The third-order valence-electron chi connectivity index (χ3n) is 4.46. The fraction of sp³-hybridized carbons (Fsp3) is 0. The van der Waals surface area contributed by atoms with E-state index in [4.69, 9.17) is 4.98 Å². The molecular formula is C21H12N2O. The van der Waals surface area contributed by atoms with E-state index in [1.54, 1.807) is 6.20 Å². The first-order valence-corrected chi connectivity index (χ1v) is 7.83. The number of aromatic nitrogens is 2. The van der Waals surface area contributed by atoms with Gasteiger partial charge in [0.1, 0.15) is 0 Å². The Morgan fingerprint density at radius 2 is 1.46 bits per heavy atom. The Morgan fingerprint density at radius 1 is 0.708 bits per heavy atom. The molecule has 0 atom stereocenters. The molecule has 2 heterocycles. The van der Waals surface area contributed by atoms with Crippen LogP contribution in [0.5, 0.6) is 0 Å². The van der Waals surface area contributed by atoms with Crippen molar-refractivity contribution in [3.05, 3.63) is 84.1 Å². The van der Waals surface area contributed by atoms with Crippen LogP contribution >= 0.6 is 0 Å². The minimum absolute atomic E-state index is 0.0273. The number of hydrogen-bond acceptors (Lipinski definition) is 3. The monoisotopic (exact) mass is 308 g/mol. The molecule has 0 amide bonds. The molecule has 3 heteroatoms. The second kappa shape index (κ2) is 4.83. The van der Waals surface area contributed by atoms with Crippen LogP contribution in [0.25, 0.3) is 33.4 Å². The number of nitrogens with zero attached hydrogens (tertiary/aromatic N) is 2. The first kappa shape index (κ1) is 13.1. The van der Waals surface area contributed by atoms with Crippen LogP contribution in [0.3, 0.4) is 0 Å². The highest BCUT2D eigenvalue weighted by Crippen LogP contribution is 2.43. The van der Waals surface area contributed by atoms with E-state index in [2.05, 4.69) is 4.98 Å². The molecule has 0 spiro atoms. The average molecular weight is 308 g/mol. The summed E-state index contributed by atoms with van der Waals surface area (Å²) in [5.74, 6) is 0.0273. The smallest absolute Gasteiger partial charge is 0.196 e. The maximum absolute atomic E-state index is 13.1. The van der Waals surface area contributed by atoms with Gasteiger partial charge in [0, 0.05) is 22.9 Å². The number of carbonyl (C=O) groups excluding carboxylic acids is 1. The summed E-state index contributed by atoms with van der Waals surface area (Å²) in [6.45, 7) is 0. The summed E-state index contributed by atoms with van der Waals surface area (Å²) in [6, 6.07) is 21.4. The van der Waals surface area contributed by atoms with Gasteiger partial charge in [0.05, 0.1) is 22.3 Å². The lowest BCUT2D eigenvalue weighted by molar-refractivity contribution is 0.104. The molecule has 0 saturated heterocycles. The largest absolute Gasteiger partial charge is 0.288 e. The van der Waals surface area contributed by atoms with E-state index in [1.807, 2.05) is 66.7 Å². The minimum Gasteiger partial charge on any atom is -0.288 e. The van der Waals surface area contributed by atoms with Crippen molar-refractivity contribution in [2.24, 2.45) is 0 Å². The Balaban J connectivity index is 1.98. The topological polar surface area (TPSA) is 42.9 Å². The molecule has 0 unspecified atom stereocenters. The normalized spacial score (nSPS) is 12.2. The standard InChI is InChI=1S/C21H12N2O/c24-21-15-10-5-4-9-14(15)17-18(21)19(13-7-2-1-3-8-13)23-16-11-6-12-22-20(16)17/h1-12H. The van der Waals surface area contributed by atoms with Crippen LogP contribution in [0.1, 0.15) is 15.9 Å². The molecule has 4 aromatic rings. The van der Waals surface area contributed by atoms with Gasteiger partial charge in [-0.15, -0.1) is 0 Å². The molecule has 5 rings (SSSR count). The summed E-state index contributed by atoms with van der Waals surface area (Å²) < 4.78 is 0. The average Bonchev–Trinajstić information content (AvgIpc) is 2.96. The summed E-state index contributed by atoms with van der Waals surface area (Å²) in [5, 5.41) is 0. The molecule has 0 aliphatic heterocycles. The summed E-state index contributed by atoms with van der Waals surface area (Å²) in [4.78, 5) is 22.3. The Morgan fingerprint density at radius 3 is 2.29 bits per heavy atom. The molecule has 0 bridgehead atoms. The minimum atomic E-state index is 0.0273. The highest BCUT2D eigenvalue weighted by Gasteiger charge is 2.32. The van der Waals surface area contributed by atoms with E-state index in [0.717, 1.165) is 39.0 Å². The van der Waals surface area contributed by atoms with Crippen LogP contribution in [-0.4, -0.2) is 15.8 Å². The third kappa shape index (κ3) is 1.69. The van der Waals surface area contributed by atoms with Crippen molar-refractivity contribution < 1.29 is 4.79 Å². The zero-order valence-electron chi connectivity index (χ0n) is 12.7. The van der Waals surface area contributed by atoms with Crippen molar-refractivity contribution in [3.8, 4) is 22.4 Å². The molecular weight excluding hydrogens is 296 g/mol. The number of pyridine rings is 2. The zero-order valence-corrected chi connectivity index (χ0v) is 12.7. The number of fused-ring (bicyclic) bond motifs is 5. The lowest BCUT2D eigenvalue weighted by Crippen LogP contribution is -2.01. The molecule has 0 radical (unpaired) electrons. The third-order valence-corrected chi connectivity index (χ3v) is 4.46. The first-order chi connectivity index (χ1) is 11.8. The summed E-state index contributed by atoms with van der Waals surface area (Å²) in [6.07, 6.45) is 1.75. The highest BCUT2D eigenvalue weighted by atomic mass is 16.1. The van der Waals surface area contributed by atoms with Crippen LogP contribution in [0.2, 0.25) is 0 Å². The van der Waals surface area contributed by atoms with Gasteiger partial charge in [-0.1, -0.05) is 54.6 Å². The SMILES string of the molecule is O=C1c2ccccc2-c2c1c(-c1ccccc1)nc1cccnc21. The van der Waals surface area contributed by atoms with Gasteiger partial charge < -0.3 is 0 Å². The fourth-order valence-corrected chi connectivity index (χ4v) is 3.41. The van der Waals surface area contributed by atoms with Gasteiger partial charge in [0.2, 0.25) is 0 Å². The number of benzene rings is 2. The van der Waals surface area contributed by atoms with Crippen molar-refractivity contribution in [2.75, 3.05) is 0 Å². The molecule has 1 aliphatic carbocycles. The van der Waals surface area contributed by atoms with Crippen molar-refractivity contribution in [2.45, 2.75) is 0 Å². The van der Waals surface area contributed by atoms with Gasteiger partial charge in [-0.05, 0) is 17.7 Å². The lowest BCUT2D eigenvalue weighted by Gasteiger charge is -2.10. The van der Waals surface area contributed by atoms with E-state index in [1.165, 1.54) is 0 Å². The van der Waals surface area contributed by atoms with Gasteiger partial charge in [-0.3, -0.25) is 9.78 Å². The summed E-state index contributed by atoms with van der Waals surface area (Å²) >= 11 is 0. The Labute approximate surface area is 138 Å².